The fourth-order valence-corrected chi connectivity index (χ4v) is 5.67. The number of para-hydroxylation sites is 1. The molecule has 1 aliphatic carbocycles. The Balaban J connectivity index is 1.80. The first-order valence-electron chi connectivity index (χ1n) is 10.9. The van der Waals surface area contributed by atoms with Crippen LogP contribution in [-0.2, 0) is 0 Å². The standard InChI is InChI=1S/C23H32ClN3S/c1-23(2)20(26-15-9-4-10-16-26)21(25-17-11-5-3-6-12-17)27(22(23)28)19-14-8-7-13-18(19)24/h7-8,13-14,17,20H,3-6,9-12,15-16H2,1-2H3/t20-/m1/s1. The van der Waals surface area contributed by atoms with E-state index in [0.717, 1.165) is 34.6 Å². The molecule has 3 fully saturated rings. The highest BCUT2D eigenvalue weighted by molar-refractivity contribution is 7.80. The maximum atomic E-state index is 6.63. The predicted molar refractivity (Wildman–Crippen MR) is 124 cm³/mol. The van der Waals surface area contributed by atoms with Gasteiger partial charge in [0, 0.05) is 5.41 Å². The molecule has 1 aromatic carbocycles. The van der Waals surface area contributed by atoms with Crippen molar-refractivity contribution in [2.75, 3.05) is 18.0 Å². The molecule has 5 heteroatoms. The third-order valence-corrected chi connectivity index (χ3v) is 7.68. The number of piperidine rings is 1. The Morgan fingerprint density at radius 3 is 2.32 bits per heavy atom. The molecule has 0 N–H and O–H groups in total. The van der Waals surface area contributed by atoms with Crippen LogP contribution in [0.3, 0.4) is 0 Å². The highest BCUT2D eigenvalue weighted by Crippen LogP contribution is 2.43. The molecular weight excluding hydrogens is 386 g/mol. The second-order valence-electron chi connectivity index (χ2n) is 9.09. The van der Waals surface area contributed by atoms with E-state index in [1.165, 1.54) is 51.4 Å². The first kappa shape index (κ1) is 20.3. The first-order chi connectivity index (χ1) is 13.5. The van der Waals surface area contributed by atoms with Crippen LogP contribution in [0.5, 0.6) is 0 Å². The highest BCUT2D eigenvalue weighted by atomic mass is 35.5. The number of hydrogen-bond donors (Lipinski definition) is 0. The predicted octanol–water partition coefficient (Wildman–Crippen LogP) is 6.10. The smallest absolute Gasteiger partial charge is 0.127 e. The summed E-state index contributed by atoms with van der Waals surface area (Å²) in [4.78, 5) is 11.2. The lowest BCUT2D eigenvalue weighted by molar-refractivity contribution is 0.154. The molecule has 0 spiro atoms. The van der Waals surface area contributed by atoms with E-state index >= 15 is 0 Å². The summed E-state index contributed by atoms with van der Waals surface area (Å²) in [7, 11) is 0. The molecule has 0 bridgehead atoms. The maximum Gasteiger partial charge on any atom is 0.127 e. The average Bonchev–Trinajstić information content (AvgIpc) is 2.89. The highest BCUT2D eigenvalue weighted by Gasteiger charge is 2.52. The Kier molecular flexibility index (Phi) is 6.10. The fraction of sp³-hybridized carbons (Fsp3) is 0.652. The summed E-state index contributed by atoms with van der Waals surface area (Å²) in [5.74, 6) is 1.14. The van der Waals surface area contributed by atoms with Gasteiger partial charge < -0.3 is 0 Å². The number of thiocarbonyl (C=S) groups is 1. The van der Waals surface area contributed by atoms with Crippen molar-refractivity contribution in [1.82, 2.24) is 4.90 Å². The van der Waals surface area contributed by atoms with E-state index in [1.54, 1.807) is 0 Å². The zero-order chi connectivity index (χ0) is 19.7. The lowest BCUT2D eigenvalue weighted by Crippen LogP contribution is -2.50. The summed E-state index contributed by atoms with van der Waals surface area (Å²) in [5, 5.41) is 0.747. The fourth-order valence-electron chi connectivity index (χ4n) is 5.14. The van der Waals surface area contributed by atoms with Crippen LogP contribution in [0.1, 0.15) is 65.2 Å². The molecule has 152 valence electrons. The number of likely N-dealkylation sites (tertiary alicyclic amines) is 1. The summed E-state index contributed by atoms with van der Waals surface area (Å²) < 4.78 is 0. The van der Waals surface area contributed by atoms with Crippen LogP contribution in [0, 0.1) is 5.41 Å². The molecule has 3 nitrogen and oxygen atoms in total. The number of rotatable bonds is 3. The van der Waals surface area contributed by atoms with E-state index in [1.807, 2.05) is 18.2 Å². The van der Waals surface area contributed by atoms with Crippen molar-refractivity contribution in [2.24, 2.45) is 10.4 Å². The van der Waals surface area contributed by atoms with Crippen LogP contribution in [0.4, 0.5) is 5.69 Å². The molecule has 1 atom stereocenters. The second-order valence-corrected chi connectivity index (χ2v) is 9.89. The largest absolute Gasteiger partial charge is 0.293 e. The van der Waals surface area contributed by atoms with Gasteiger partial charge in [0.1, 0.15) is 5.84 Å². The van der Waals surface area contributed by atoms with Gasteiger partial charge >= 0.3 is 0 Å². The van der Waals surface area contributed by atoms with Gasteiger partial charge in [-0.1, -0.05) is 75.5 Å². The van der Waals surface area contributed by atoms with Crippen LogP contribution in [0.15, 0.2) is 29.3 Å². The average molecular weight is 418 g/mol. The van der Waals surface area contributed by atoms with Crippen molar-refractivity contribution >= 4 is 40.3 Å². The van der Waals surface area contributed by atoms with Gasteiger partial charge in [0.05, 0.1) is 27.8 Å². The zero-order valence-electron chi connectivity index (χ0n) is 17.2. The van der Waals surface area contributed by atoms with Gasteiger partial charge in [-0.15, -0.1) is 0 Å². The van der Waals surface area contributed by atoms with Crippen molar-refractivity contribution in [1.29, 1.82) is 0 Å². The van der Waals surface area contributed by atoms with Crippen LogP contribution in [0.2, 0.25) is 5.02 Å². The van der Waals surface area contributed by atoms with E-state index < -0.39 is 0 Å². The first-order valence-corrected chi connectivity index (χ1v) is 11.7. The molecule has 0 unspecified atom stereocenters. The zero-order valence-corrected chi connectivity index (χ0v) is 18.7. The second kappa shape index (κ2) is 8.41. The van der Waals surface area contributed by atoms with Crippen molar-refractivity contribution in [2.45, 2.75) is 77.3 Å². The third-order valence-electron chi connectivity index (χ3n) is 6.65. The summed E-state index contributed by atoms with van der Waals surface area (Å²) in [5.41, 5.74) is 0.843. The SMILES string of the molecule is CC1(C)C(=S)N(c2ccccc2Cl)C(=NC2CCCCC2)[C@H]1N1CCCCC1. The Labute approximate surface area is 180 Å². The summed E-state index contributed by atoms with van der Waals surface area (Å²) in [6.45, 7) is 6.86. The van der Waals surface area contributed by atoms with Gasteiger partial charge in [0.25, 0.3) is 0 Å². The van der Waals surface area contributed by atoms with Gasteiger partial charge in [-0.05, 0) is 50.9 Å². The van der Waals surface area contributed by atoms with Crippen LogP contribution in [-0.4, -0.2) is 40.9 Å². The summed E-state index contributed by atoms with van der Waals surface area (Å²) >= 11 is 12.7. The minimum Gasteiger partial charge on any atom is -0.293 e. The number of halogens is 1. The van der Waals surface area contributed by atoms with E-state index in [-0.39, 0.29) is 11.5 Å². The van der Waals surface area contributed by atoms with Gasteiger partial charge in [0.15, 0.2) is 0 Å². The molecule has 2 heterocycles. The van der Waals surface area contributed by atoms with Gasteiger partial charge in [-0.3, -0.25) is 14.8 Å². The molecule has 0 amide bonds. The number of anilines is 1. The molecule has 2 saturated heterocycles. The maximum absolute atomic E-state index is 6.63. The van der Waals surface area contributed by atoms with Crippen molar-refractivity contribution in [3.05, 3.63) is 29.3 Å². The number of hydrogen-bond acceptors (Lipinski definition) is 3. The minimum atomic E-state index is -0.140. The molecular formula is C23H32ClN3S. The molecule has 28 heavy (non-hydrogen) atoms. The lowest BCUT2D eigenvalue weighted by atomic mass is 9.85. The van der Waals surface area contributed by atoms with Crippen LogP contribution >= 0.6 is 23.8 Å². The van der Waals surface area contributed by atoms with Gasteiger partial charge in [-0.25, -0.2) is 0 Å². The molecule has 0 radical (unpaired) electrons. The van der Waals surface area contributed by atoms with E-state index in [2.05, 4.69) is 29.7 Å². The quantitative estimate of drug-likeness (QED) is 0.553. The Morgan fingerprint density at radius 2 is 1.64 bits per heavy atom. The van der Waals surface area contributed by atoms with Gasteiger partial charge in [-0.2, -0.15) is 0 Å². The molecule has 3 aliphatic rings. The van der Waals surface area contributed by atoms with Crippen molar-refractivity contribution in [3.8, 4) is 0 Å². The van der Waals surface area contributed by atoms with E-state index in [9.17, 15) is 0 Å². The summed E-state index contributed by atoms with van der Waals surface area (Å²) in [6.07, 6.45) is 10.2. The Bertz CT molecular complexity index is 748. The molecule has 1 saturated carbocycles. The topological polar surface area (TPSA) is 18.8 Å². The summed E-state index contributed by atoms with van der Waals surface area (Å²) in [6, 6.07) is 8.72. The number of amidine groups is 1. The van der Waals surface area contributed by atoms with Crippen molar-refractivity contribution in [3.63, 3.8) is 0 Å². The number of aliphatic imine (C=N–C) groups is 1. The third kappa shape index (κ3) is 3.76. The van der Waals surface area contributed by atoms with Gasteiger partial charge in [0.2, 0.25) is 0 Å². The van der Waals surface area contributed by atoms with Crippen LogP contribution < -0.4 is 4.90 Å². The lowest BCUT2D eigenvalue weighted by Gasteiger charge is -2.38. The Hall–Kier alpha value is -0.970. The molecule has 2 aliphatic heterocycles. The Morgan fingerprint density at radius 1 is 1.00 bits per heavy atom. The van der Waals surface area contributed by atoms with E-state index in [4.69, 9.17) is 28.8 Å². The number of nitrogens with zero attached hydrogens (tertiary/aromatic N) is 3. The number of benzene rings is 1. The molecule has 0 aromatic heterocycles. The molecule has 1 aromatic rings. The minimum absolute atomic E-state index is 0.140. The monoisotopic (exact) mass is 417 g/mol. The molecule has 4 rings (SSSR count). The van der Waals surface area contributed by atoms with Crippen LogP contribution in [0.25, 0.3) is 0 Å². The van der Waals surface area contributed by atoms with Crippen molar-refractivity contribution < 1.29 is 0 Å². The normalized spacial score (nSPS) is 28.2. The van der Waals surface area contributed by atoms with E-state index in [0.29, 0.717) is 6.04 Å².